The normalized spacial score (nSPS) is 11.4. The molecule has 3 aromatic rings. The minimum atomic E-state index is -4.11. The Hall–Kier alpha value is -3.07. The number of hydrogen-bond acceptors (Lipinski definition) is 7. The zero-order chi connectivity index (χ0) is 20.1. The zero-order valence-corrected chi connectivity index (χ0v) is 16.3. The van der Waals surface area contributed by atoms with E-state index in [1.54, 1.807) is 24.3 Å². The van der Waals surface area contributed by atoms with Crippen molar-refractivity contribution in [2.24, 2.45) is 0 Å². The van der Waals surface area contributed by atoms with Gasteiger partial charge < -0.3 is 18.6 Å². The van der Waals surface area contributed by atoms with Gasteiger partial charge in [-0.25, -0.2) is 9.78 Å². The van der Waals surface area contributed by atoms with Crippen LogP contribution in [0.4, 0.5) is 0 Å². The summed E-state index contributed by atoms with van der Waals surface area (Å²) in [7, 11) is -2.87. The molecule has 0 bridgehead atoms. The van der Waals surface area contributed by atoms with Crippen molar-refractivity contribution in [1.29, 1.82) is 0 Å². The molecule has 9 heteroatoms. The molecule has 0 saturated carbocycles. The minimum absolute atomic E-state index is 0.0205. The summed E-state index contributed by atoms with van der Waals surface area (Å²) in [6.45, 7) is 2.44. The van der Waals surface area contributed by atoms with E-state index in [4.69, 9.17) is 8.92 Å². The highest BCUT2D eigenvalue weighted by Crippen LogP contribution is 2.28. The Morgan fingerprint density at radius 1 is 1.18 bits per heavy atom. The van der Waals surface area contributed by atoms with Gasteiger partial charge in [0.05, 0.1) is 24.8 Å². The molecule has 1 heterocycles. The first-order valence-corrected chi connectivity index (χ1v) is 10.1. The van der Waals surface area contributed by atoms with Crippen LogP contribution in [-0.4, -0.2) is 38.1 Å². The number of benzene rings is 2. The van der Waals surface area contributed by atoms with E-state index in [1.807, 2.05) is 6.92 Å². The lowest BCUT2D eigenvalue weighted by Crippen LogP contribution is -2.12. The van der Waals surface area contributed by atoms with Crippen molar-refractivity contribution in [2.45, 2.75) is 24.7 Å². The number of imidazole rings is 1. The Balaban J connectivity index is 1.87. The summed E-state index contributed by atoms with van der Waals surface area (Å²) in [6, 6.07) is 10.8. The highest BCUT2D eigenvalue weighted by molar-refractivity contribution is 7.87. The van der Waals surface area contributed by atoms with E-state index in [0.29, 0.717) is 17.6 Å². The maximum Gasteiger partial charge on any atom is 0.374 e. The van der Waals surface area contributed by atoms with Crippen molar-refractivity contribution in [3.05, 3.63) is 48.3 Å². The summed E-state index contributed by atoms with van der Waals surface area (Å²) in [4.78, 5) is 18.4. The Kier molecular flexibility index (Phi) is 5.84. The Morgan fingerprint density at radius 3 is 2.71 bits per heavy atom. The molecule has 0 unspecified atom stereocenters. The van der Waals surface area contributed by atoms with Crippen LogP contribution in [0.5, 0.6) is 11.5 Å². The molecule has 0 aliphatic carbocycles. The highest BCUT2D eigenvalue weighted by Gasteiger charge is 2.22. The van der Waals surface area contributed by atoms with E-state index >= 15 is 0 Å². The lowest BCUT2D eigenvalue weighted by atomic mass is 10.3. The molecule has 0 spiro atoms. The van der Waals surface area contributed by atoms with Gasteiger partial charge >= 0.3 is 16.1 Å². The van der Waals surface area contributed by atoms with Crippen molar-refractivity contribution in [2.75, 3.05) is 13.7 Å². The molecule has 28 heavy (non-hydrogen) atoms. The lowest BCUT2D eigenvalue weighted by Gasteiger charge is -2.12. The average Bonchev–Trinajstić information content (AvgIpc) is 3.11. The smallest absolute Gasteiger partial charge is 0.374 e. The van der Waals surface area contributed by atoms with Gasteiger partial charge in [0.1, 0.15) is 16.4 Å². The lowest BCUT2D eigenvalue weighted by molar-refractivity contribution is 0.0588. The second-order valence-corrected chi connectivity index (χ2v) is 7.46. The van der Waals surface area contributed by atoms with E-state index in [-0.39, 0.29) is 22.2 Å². The predicted molar refractivity (Wildman–Crippen MR) is 102 cm³/mol. The molecule has 0 atom stereocenters. The number of unbranched alkanes of at least 4 members (excludes halogenated alkanes) is 1. The van der Waals surface area contributed by atoms with Gasteiger partial charge in [0.2, 0.25) is 5.82 Å². The van der Waals surface area contributed by atoms with Crippen molar-refractivity contribution >= 4 is 27.1 Å². The van der Waals surface area contributed by atoms with Gasteiger partial charge in [0.25, 0.3) is 0 Å². The molecule has 0 aliphatic heterocycles. The molecule has 0 amide bonds. The molecule has 3 rings (SSSR count). The molecule has 0 fully saturated rings. The fourth-order valence-corrected chi connectivity index (χ4v) is 3.57. The number of aromatic nitrogens is 2. The number of rotatable bonds is 8. The summed E-state index contributed by atoms with van der Waals surface area (Å²) in [5.41, 5.74) is 0.925. The molecule has 148 valence electrons. The average molecular weight is 404 g/mol. The van der Waals surface area contributed by atoms with E-state index in [9.17, 15) is 13.2 Å². The Labute approximate surface area is 162 Å². The van der Waals surface area contributed by atoms with Crippen LogP contribution in [0.15, 0.2) is 47.4 Å². The summed E-state index contributed by atoms with van der Waals surface area (Å²) in [6.07, 6.45) is 1.75. The molecule has 2 aromatic carbocycles. The molecule has 1 N–H and O–H groups in total. The number of fused-ring (bicyclic) bond motifs is 1. The summed E-state index contributed by atoms with van der Waals surface area (Å²) >= 11 is 0. The third-order valence-corrected chi connectivity index (χ3v) is 5.20. The second kappa shape index (κ2) is 8.30. The van der Waals surface area contributed by atoms with Gasteiger partial charge in [-0.15, -0.1) is 0 Å². The molecular formula is C19H20N2O6S. The standard InChI is InChI=1S/C19H20N2O6S/c1-3-4-11-26-16-7-5-6-8-17(16)28(23,24)27-13-9-10-14-15(12-13)21-18(20-14)19(22)25-2/h5-10,12H,3-4,11H2,1-2H3,(H,20,21). The van der Waals surface area contributed by atoms with Crippen LogP contribution in [0.25, 0.3) is 11.0 Å². The summed E-state index contributed by atoms with van der Waals surface area (Å²) in [5.74, 6) is -0.279. The van der Waals surface area contributed by atoms with Gasteiger partial charge in [0.15, 0.2) is 0 Å². The van der Waals surface area contributed by atoms with Crippen molar-refractivity contribution in [3.8, 4) is 11.5 Å². The Morgan fingerprint density at radius 2 is 1.96 bits per heavy atom. The number of para-hydroxylation sites is 1. The monoisotopic (exact) mass is 404 g/mol. The maximum atomic E-state index is 12.7. The number of aromatic amines is 1. The summed E-state index contributed by atoms with van der Waals surface area (Å²) < 4.78 is 41.0. The van der Waals surface area contributed by atoms with Crippen molar-refractivity contribution in [1.82, 2.24) is 9.97 Å². The van der Waals surface area contributed by atoms with Gasteiger partial charge in [-0.05, 0) is 30.7 Å². The van der Waals surface area contributed by atoms with Crippen LogP contribution < -0.4 is 8.92 Å². The number of ether oxygens (including phenoxy) is 2. The number of nitrogens with one attached hydrogen (secondary N) is 1. The van der Waals surface area contributed by atoms with E-state index in [1.165, 1.54) is 25.3 Å². The minimum Gasteiger partial charge on any atom is -0.492 e. The van der Waals surface area contributed by atoms with Crippen LogP contribution in [0.3, 0.4) is 0 Å². The van der Waals surface area contributed by atoms with Crippen LogP contribution in [0.2, 0.25) is 0 Å². The number of hydrogen-bond donors (Lipinski definition) is 1. The molecule has 8 nitrogen and oxygen atoms in total. The largest absolute Gasteiger partial charge is 0.492 e. The molecule has 1 aromatic heterocycles. The number of methoxy groups -OCH3 is 1. The van der Waals surface area contributed by atoms with Gasteiger partial charge in [0, 0.05) is 6.07 Å². The zero-order valence-electron chi connectivity index (χ0n) is 15.5. The van der Waals surface area contributed by atoms with E-state index in [0.717, 1.165) is 12.8 Å². The first-order chi connectivity index (χ1) is 13.4. The number of H-pyrrole nitrogens is 1. The SMILES string of the molecule is CCCCOc1ccccc1S(=O)(=O)Oc1ccc2nc(C(=O)OC)[nH]c2c1. The molecular weight excluding hydrogens is 384 g/mol. The maximum absolute atomic E-state index is 12.7. The van der Waals surface area contributed by atoms with Crippen LogP contribution in [0.1, 0.15) is 30.4 Å². The van der Waals surface area contributed by atoms with E-state index in [2.05, 4.69) is 14.7 Å². The number of esters is 1. The number of carbonyl (C=O) groups excluding carboxylic acids is 1. The molecule has 0 saturated heterocycles. The predicted octanol–water partition coefficient (Wildman–Crippen LogP) is 3.30. The van der Waals surface area contributed by atoms with E-state index < -0.39 is 16.1 Å². The van der Waals surface area contributed by atoms with Crippen LogP contribution in [-0.2, 0) is 14.9 Å². The molecule has 0 aliphatic rings. The number of nitrogens with zero attached hydrogens (tertiary/aromatic N) is 1. The first kappa shape index (κ1) is 19.7. The Bertz CT molecular complexity index is 1090. The summed E-state index contributed by atoms with van der Waals surface area (Å²) in [5, 5.41) is 0. The fourth-order valence-electron chi connectivity index (χ4n) is 2.51. The van der Waals surface area contributed by atoms with Crippen molar-refractivity contribution in [3.63, 3.8) is 0 Å². The molecule has 0 radical (unpaired) electrons. The van der Waals surface area contributed by atoms with Crippen LogP contribution in [0, 0.1) is 0 Å². The van der Waals surface area contributed by atoms with Crippen LogP contribution >= 0.6 is 0 Å². The first-order valence-electron chi connectivity index (χ1n) is 8.69. The van der Waals surface area contributed by atoms with Gasteiger partial charge in [-0.2, -0.15) is 8.42 Å². The number of carbonyl (C=O) groups is 1. The van der Waals surface area contributed by atoms with Crippen molar-refractivity contribution < 1.29 is 26.9 Å². The quantitative estimate of drug-likeness (QED) is 0.349. The second-order valence-electron chi connectivity index (χ2n) is 5.94. The van der Waals surface area contributed by atoms with Gasteiger partial charge in [-0.3, -0.25) is 0 Å². The third kappa shape index (κ3) is 4.25. The van der Waals surface area contributed by atoms with Gasteiger partial charge in [-0.1, -0.05) is 25.5 Å². The highest BCUT2D eigenvalue weighted by atomic mass is 32.2. The fraction of sp³-hybridized carbons (Fsp3) is 0.263. The third-order valence-electron chi connectivity index (χ3n) is 3.91. The topological polar surface area (TPSA) is 108 Å².